The standard InChI is InChI=1S/C59H75BN2O/c1-15-17-31-59(13,14)53-44(16-2)52-54(63-53)60-47-36-45-46(58(11,12)33-32-57(45,9)10)37-48(47)61(42-27-23-40(24-28-42)55(3,4)5)49-34-39(38-21-19-18-20-22-38)35-50(51(49)60)62(52)43-29-25-41(26-30-43)56(6,7)8/h18-19,21,23-27,29-30,34-37,42H,15-17,20,22,28,31-33H2,1-14H3. The SMILES string of the molecule is CCCCC(C)(C)c1oc2c(c1CC)N(c1ccc(C(C)(C)C)cc1)c1cc(C3=CC=CCC3)cc3c1B2c1cc2c(cc1N3C1C=CC(C(C)(C)C)=CC1)C(C)(C)CCC2(C)C. The van der Waals surface area contributed by atoms with Gasteiger partial charge >= 0.3 is 0 Å². The fraction of sp³-hybridized carbons (Fsp3) is 0.492. The molecule has 1 atom stereocenters. The van der Waals surface area contributed by atoms with Crippen molar-refractivity contribution in [2.24, 2.45) is 5.41 Å². The lowest BCUT2D eigenvalue weighted by molar-refractivity contribution is 0.332. The quantitative estimate of drug-likeness (QED) is 0.145. The van der Waals surface area contributed by atoms with Gasteiger partial charge in [-0.15, -0.1) is 0 Å². The Bertz CT molecular complexity index is 2570. The molecule has 0 spiro atoms. The van der Waals surface area contributed by atoms with Crippen molar-refractivity contribution in [3.05, 3.63) is 124 Å². The van der Waals surface area contributed by atoms with Gasteiger partial charge in [-0.1, -0.05) is 164 Å². The molecular weight excluding hydrogens is 763 g/mol. The molecule has 0 radical (unpaired) electrons. The van der Waals surface area contributed by atoms with E-state index in [1.54, 1.807) is 0 Å². The number of unbranched alkanes of at least 4 members (excludes halogenated alkanes) is 1. The summed E-state index contributed by atoms with van der Waals surface area (Å²) in [5, 5.41) is 0. The number of anilines is 5. The first-order valence-corrected chi connectivity index (χ1v) is 24.6. The van der Waals surface area contributed by atoms with Crippen LogP contribution in [0, 0.1) is 5.41 Å². The highest BCUT2D eigenvalue weighted by atomic mass is 16.3. The van der Waals surface area contributed by atoms with Crippen molar-refractivity contribution in [1.82, 2.24) is 0 Å². The molecule has 63 heavy (non-hydrogen) atoms. The smallest absolute Gasteiger partial charge is 0.297 e. The van der Waals surface area contributed by atoms with Gasteiger partial charge in [0.2, 0.25) is 0 Å². The van der Waals surface area contributed by atoms with Gasteiger partial charge in [-0.05, 0) is 141 Å². The van der Waals surface area contributed by atoms with Gasteiger partial charge in [-0.3, -0.25) is 0 Å². The van der Waals surface area contributed by atoms with E-state index in [0.29, 0.717) is 0 Å². The fourth-order valence-corrected chi connectivity index (χ4v) is 11.7. The largest absolute Gasteiger partial charge is 0.472 e. The number of hydrogen-bond donors (Lipinski definition) is 0. The van der Waals surface area contributed by atoms with E-state index in [-0.39, 0.29) is 39.8 Å². The Hall–Kier alpha value is -4.44. The van der Waals surface area contributed by atoms with E-state index in [9.17, 15) is 0 Å². The second-order valence-electron chi connectivity index (χ2n) is 23.8. The van der Waals surface area contributed by atoms with E-state index in [4.69, 9.17) is 4.42 Å². The normalized spacial score (nSPS) is 19.9. The third kappa shape index (κ3) is 7.34. The van der Waals surface area contributed by atoms with Gasteiger partial charge in [0, 0.05) is 33.7 Å². The molecule has 0 saturated heterocycles. The summed E-state index contributed by atoms with van der Waals surface area (Å²) in [5.74, 6) is 1.17. The van der Waals surface area contributed by atoms with Crippen LogP contribution in [0.5, 0.6) is 0 Å². The van der Waals surface area contributed by atoms with Crippen LogP contribution in [0.4, 0.5) is 28.4 Å². The molecule has 0 amide bonds. The molecule has 3 aliphatic carbocycles. The number of benzene rings is 3. The molecule has 9 rings (SSSR count). The first-order valence-electron chi connectivity index (χ1n) is 24.6. The molecule has 5 aliphatic rings. The molecule has 2 aliphatic heterocycles. The molecular formula is C59H75BN2O. The topological polar surface area (TPSA) is 19.6 Å². The first kappa shape index (κ1) is 43.8. The Balaban J connectivity index is 1.41. The zero-order valence-electron chi connectivity index (χ0n) is 41.4. The Morgan fingerprint density at radius 3 is 2.08 bits per heavy atom. The summed E-state index contributed by atoms with van der Waals surface area (Å²) in [6, 6.07) is 20.2. The third-order valence-electron chi connectivity index (χ3n) is 15.8. The Labute approximate surface area is 381 Å². The molecule has 3 aromatic carbocycles. The van der Waals surface area contributed by atoms with Crippen LogP contribution in [0.1, 0.15) is 182 Å². The lowest BCUT2D eigenvalue weighted by Crippen LogP contribution is -2.63. The molecule has 3 heterocycles. The van der Waals surface area contributed by atoms with Crippen molar-refractivity contribution >= 4 is 57.3 Å². The van der Waals surface area contributed by atoms with E-state index in [1.165, 1.54) is 110 Å². The van der Waals surface area contributed by atoms with Crippen LogP contribution in [-0.4, -0.2) is 12.8 Å². The average molecular weight is 839 g/mol. The monoisotopic (exact) mass is 839 g/mol. The summed E-state index contributed by atoms with van der Waals surface area (Å²) in [6.07, 6.45) is 24.2. The van der Waals surface area contributed by atoms with Gasteiger partial charge < -0.3 is 14.2 Å². The van der Waals surface area contributed by atoms with Crippen LogP contribution >= 0.6 is 0 Å². The lowest BCUT2D eigenvalue weighted by atomic mass is 9.35. The molecule has 0 fully saturated rings. The predicted octanol–water partition coefficient (Wildman–Crippen LogP) is 14.7. The van der Waals surface area contributed by atoms with Crippen LogP contribution in [-0.2, 0) is 28.1 Å². The van der Waals surface area contributed by atoms with Crippen molar-refractivity contribution in [3.63, 3.8) is 0 Å². The van der Waals surface area contributed by atoms with Gasteiger partial charge in [-0.25, -0.2) is 0 Å². The first-order chi connectivity index (χ1) is 29.7. The van der Waals surface area contributed by atoms with Crippen LogP contribution in [0.15, 0.2) is 95.0 Å². The molecule has 1 aromatic heterocycles. The fourth-order valence-electron chi connectivity index (χ4n) is 11.7. The minimum Gasteiger partial charge on any atom is -0.472 e. The van der Waals surface area contributed by atoms with Crippen molar-refractivity contribution in [2.45, 2.75) is 182 Å². The van der Waals surface area contributed by atoms with Gasteiger partial charge in [-0.2, -0.15) is 0 Å². The van der Waals surface area contributed by atoms with Gasteiger partial charge in [0.15, 0.2) is 0 Å². The van der Waals surface area contributed by atoms with Crippen LogP contribution in [0.2, 0.25) is 0 Å². The summed E-state index contributed by atoms with van der Waals surface area (Å²) < 4.78 is 7.74. The maximum atomic E-state index is 7.74. The van der Waals surface area contributed by atoms with Gasteiger partial charge in [0.1, 0.15) is 5.76 Å². The van der Waals surface area contributed by atoms with Crippen LogP contribution < -0.4 is 26.4 Å². The summed E-state index contributed by atoms with van der Waals surface area (Å²) in [4.78, 5) is 5.42. The lowest BCUT2D eigenvalue weighted by Gasteiger charge is -2.48. The summed E-state index contributed by atoms with van der Waals surface area (Å²) >= 11 is 0. The minimum absolute atomic E-state index is 0.0453. The van der Waals surface area contributed by atoms with Crippen molar-refractivity contribution in [1.29, 1.82) is 0 Å². The van der Waals surface area contributed by atoms with Crippen LogP contribution in [0.25, 0.3) is 5.57 Å². The summed E-state index contributed by atoms with van der Waals surface area (Å²) in [5.41, 5.74) is 20.4. The highest BCUT2D eigenvalue weighted by Crippen LogP contribution is 2.52. The maximum Gasteiger partial charge on any atom is 0.297 e. The minimum atomic E-state index is -0.116. The Morgan fingerprint density at radius 2 is 1.49 bits per heavy atom. The van der Waals surface area contributed by atoms with Gasteiger partial charge in [0.05, 0.1) is 17.4 Å². The maximum absolute atomic E-state index is 7.74. The van der Waals surface area contributed by atoms with E-state index in [0.717, 1.165) is 37.8 Å². The van der Waals surface area contributed by atoms with E-state index in [1.807, 2.05) is 0 Å². The Kier molecular flexibility index (Phi) is 10.7. The molecule has 4 aromatic rings. The molecule has 1 unspecified atom stereocenters. The molecule has 0 bridgehead atoms. The van der Waals surface area contributed by atoms with E-state index in [2.05, 4.69) is 192 Å². The molecule has 0 N–H and O–H groups in total. The third-order valence-corrected chi connectivity index (χ3v) is 15.8. The summed E-state index contributed by atoms with van der Waals surface area (Å²) in [6.45, 7) is 33.4. The molecule has 0 saturated carbocycles. The van der Waals surface area contributed by atoms with Crippen molar-refractivity contribution in [2.75, 3.05) is 9.80 Å². The molecule has 3 nitrogen and oxygen atoms in total. The second kappa shape index (κ2) is 15.3. The zero-order valence-corrected chi connectivity index (χ0v) is 41.4. The van der Waals surface area contributed by atoms with Crippen LogP contribution in [0.3, 0.4) is 0 Å². The number of rotatable bonds is 8. The zero-order chi connectivity index (χ0) is 45.0. The molecule has 330 valence electrons. The number of nitrogens with zero attached hydrogens (tertiary/aromatic N) is 2. The Morgan fingerprint density at radius 1 is 0.810 bits per heavy atom. The predicted molar refractivity (Wildman–Crippen MR) is 274 cm³/mol. The summed E-state index contributed by atoms with van der Waals surface area (Å²) in [7, 11) is 0. The number of allylic oxidation sites excluding steroid dienone is 6. The van der Waals surface area contributed by atoms with E-state index < -0.39 is 0 Å². The van der Waals surface area contributed by atoms with Crippen molar-refractivity contribution < 1.29 is 4.42 Å². The van der Waals surface area contributed by atoms with E-state index >= 15 is 0 Å². The second-order valence-corrected chi connectivity index (χ2v) is 23.8. The number of hydrogen-bond acceptors (Lipinski definition) is 3. The molecule has 4 heteroatoms. The number of fused-ring (bicyclic) bond motifs is 5. The number of furan rings is 1. The highest BCUT2D eigenvalue weighted by Gasteiger charge is 2.51. The average Bonchev–Trinajstić information content (AvgIpc) is 3.64. The van der Waals surface area contributed by atoms with Gasteiger partial charge in [0.25, 0.3) is 6.71 Å². The van der Waals surface area contributed by atoms with Crippen molar-refractivity contribution in [3.8, 4) is 0 Å². The highest BCUT2D eigenvalue weighted by molar-refractivity contribution is 6.99.